The van der Waals surface area contributed by atoms with Crippen LogP contribution in [0.15, 0.2) is 4.99 Å². The molecule has 0 spiro atoms. The van der Waals surface area contributed by atoms with E-state index in [1.165, 1.54) is 6.92 Å². The zero-order chi connectivity index (χ0) is 23.0. The van der Waals surface area contributed by atoms with Crippen LogP contribution in [0.25, 0.3) is 0 Å². The average molecular weight is 428 g/mol. The Hall–Kier alpha value is -3.22. The molecule has 0 radical (unpaired) electrons. The van der Waals surface area contributed by atoms with E-state index in [0.29, 0.717) is 6.42 Å². The molecular weight excluding hydrogens is 400 g/mol. The van der Waals surface area contributed by atoms with Crippen molar-refractivity contribution < 1.29 is 34.2 Å². The summed E-state index contributed by atoms with van der Waals surface area (Å²) in [5.41, 5.74) is 15.9. The van der Waals surface area contributed by atoms with Crippen molar-refractivity contribution in [2.75, 3.05) is 13.1 Å². The number of carboxylic acid groups (broad SMARTS) is 2. The van der Waals surface area contributed by atoms with E-state index in [-0.39, 0.29) is 31.9 Å². The molecule has 0 saturated carbocycles. The van der Waals surface area contributed by atoms with Gasteiger partial charge >= 0.3 is 11.9 Å². The van der Waals surface area contributed by atoms with Gasteiger partial charge in [-0.15, -0.1) is 0 Å². The van der Waals surface area contributed by atoms with Gasteiger partial charge in [-0.2, -0.15) is 0 Å². The van der Waals surface area contributed by atoms with Crippen molar-refractivity contribution in [3.8, 4) is 0 Å². The number of guanidine groups is 1. The first kappa shape index (κ1) is 24.8. The van der Waals surface area contributed by atoms with Gasteiger partial charge in [0, 0.05) is 25.4 Å². The Morgan fingerprint density at radius 3 is 2.40 bits per heavy atom. The van der Waals surface area contributed by atoms with Gasteiger partial charge in [-0.25, -0.2) is 4.79 Å². The number of aliphatic imine (C=N–C) groups is 1. The molecule has 1 aliphatic rings. The number of hydrogen-bond acceptors (Lipinski definition) is 7. The third-order valence-electron chi connectivity index (χ3n) is 4.60. The van der Waals surface area contributed by atoms with Gasteiger partial charge in [-0.3, -0.25) is 24.2 Å². The number of rotatable bonds is 12. The third-order valence-corrected chi connectivity index (χ3v) is 4.60. The molecule has 1 saturated heterocycles. The minimum atomic E-state index is -1.37. The van der Waals surface area contributed by atoms with E-state index in [1.807, 2.05) is 0 Å². The van der Waals surface area contributed by atoms with Crippen LogP contribution in [0.3, 0.4) is 0 Å². The van der Waals surface area contributed by atoms with Crippen LogP contribution in [0.5, 0.6) is 0 Å². The first-order valence-corrected chi connectivity index (χ1v) is 9.33. The summed E-state index contributed by atoms with van der Waals surface area (Å²) in [5, 5.41) is 20.8. The normalized spacial score (nSPS) is 18.9. The molecule has 13 heteroatoms. The lowest BCUT2D eigenvalue weighted by molar-refractivity contribution is -0.148. The first-order valence-electron chi connectivity index (χ1n) is 9.33. The van der Waals surface area contributed by atoms with E-state index < -0.39 is 60.0 Å². The van der Waals surface area contributed by atoms with E-state index in [1.54, 1.807) is 0 Å². The highest BCUT2D eigenvalue weighted by Gasteiger charge is 2.42. The molecule has 4 atom stereocenters. The zero-order valence-corrected chi connectivity index (χ0v) is 16.6. The fourth-order valence-electron chi connectivity index (χ4n) is 3.11. The average Bonchev–Trinajstić information content (AvgIpc) is 3.00. The van der Waals surface area contributed by atoms with Gasteiger partial charge in [0.2, 0.25) is 11.8 Å². The van der Waals surface area contributed by atoms with Crippen molar-refractivity contribution in [2.24, 2.45) is 28.1 Å². The minimum absolute atomic E-state index is 0.0682. The van der Waals surface area contributed by atoms with Gasteiger partial charge in [0.25, 0.3) is 0 Å². The summed E-state index contributed by atoms with van der Waals surface area (Å²) in [6.07, 6.45) is -0.592. The number of aliphatic carboxylic acids is 2. The lowest BCUT2D eigenvalue weighted by atomic mass is 9.94. The number of nitrogens with two attached hydrogens (primary N) is 3. The molecule has 0 bridgehead atoms. The number of likely N-dealkylation sites (tertiary alicyclic amines) is 1. The number of Topliss-reactive ketones (excluding diaryl/α,β-unsaturated/α-hetero) is 1. The predicted octanol–water partition coefficient (Wildman–Crippen LogP) is -2.78. The van der Waals surface area contributed by atoms with E-state index in [2.05, 4.69) is 10.3 Å². The van der Waals surface area contributed by atoms with Crippen LogP contribution in [0.2, 0.25) is 0 Å². The summed E-state index contributed by atoms with van der Waals surface area (Å²) in [7, 11) is 0. The fraction of sp³-hybridized carbons (Fsp3) is 0.647. The molecule has 13 nitrogen and oxygen atoms in total. The molecule has 1 aliphatic heterocycles. The molecule has 0 aromatic rings. The van der Waals surface area contributed by atoms with Crippen molar-refractivity contribution in [2.45, 2.75) is 50.7 Å². The van der Waals surface area contributed by atoms with Gasteiger partial charge < -0.3 is 37.6 Å². The second-order valence-corrected chi connectivity index (χ2v) is 7.10. The Morgan fingerprint density at radius 2 is 1.90 bits per heavy atom. The maximum absolute atomic E-state index is 12.8. The van der Waals surface area contributed by atoms with Gasteiger partial charge in [0.1, 0.15) is 6.04 Å². The highest BCUT2D eigenvalue weighted by Crippen LogP contribution is 2.25. The molecule has 2 amide bonds. The quantitative estimate of drug-likeness (QED) is 0.106. The first-order chi connectivity index (χ1) is 13.9. The Kier molecular flexibility index (Phi) is 9.17. The van der Waals surface area contributed by atoms with Crippen LogP contribution in [0.1, 0.15) is 32.6 Å². The Labute approximate surface area is 172 Å². The van der Waals surface area contributed by atoms with Gasteiger partial charge in [0.05, 0.1) is 18.5 Å². The Morgan fingerprint density at radius 1 is 1.27 bits per heavy atom. The molecule has 168 valence electrons. The van der Waals surface area contributed by atoms with Crippen molar-refractivity contribution in [1.82, 2.24) is 10.2 Å². The van der Waals surface area contributed by atoms with Crippen LogP contribution in [0.4, 0.5) is 0 Å². The summed E-state index contributed by atoms with van der Waals surface area (Å²) in [4.78, 5) is 64.5. The number of amides is 2. The minimum Gasteiger partial charge on any atom is -0.481 e. The van der Waals surface area contributed by atoms with Crippen LogP contribution in [-0.4, -0.2) is 81.8 Å². The Bertz CT molecular complexity index is 719. The maximum Gasteiger partial charge on any atom is 0.326 e. The molecule has 0 aromatic carbocycles. The second-order valence-electron chi connectivity index (χ2n) is 7.10. The topological polar surface area (TPSA) is 232 Å². The highest BCUT2D eigenvalue weighted by atomic mass is 16.4. The van der Waals surface area contributed by atoms with Crippen molar-refractivity contribution >= 4 is 35.5 Å². The maximum atomic E-state index is 12.8. The van der Waals surface area contributed by atoms with Gasteiger partial charge in [-0.05, 0) is 19.8 Å². The predicted molar refractivity (Wildman–Crippen MR) is 104 cm³/mol. The third kappa shape index (κ3) is 7.31. The van der Waals surface area contributed by atoms with E-state index >= 15 is 0 Å². The summed E-state index contributed by atoms with van der Waals surface area (Å²) in [6, 6.07) is -3.51. The smallest absolute Gasteiger partial charge is 0.326 e. The molecule has 0 aliphatic carbocycles. The van der Waals surface area contributed by atoms with E-state index in [9.17, 15) is 29.1 Å². The number of hydrogen-bond donors (Lipinski definition) is 6. The number of nitrogens with one attached hydrogen (secondary N) is 1. The van der Waals surface area contributed by atoms with Crippen LogP contribution >= 0.6 is 0 Å². The number of carboxylic acids is 2. The van der Waals surface area contributed by atoms with Gasteiger partial charge in [-0.1, -0.05) is 0 Å². The van der Waals surface area contributed by atoms with Gasteiger partial charge in [0.15, 0.2) is 11.7 Å². The van der Waals surface area contributed by atoms with Crippen molar-refractivity contribution in [3.05, 3.63) is 0 Å². The number of carbonyl (C=O) groups is 5. The lowest BCUT2D eigenvalue weighted by Gasteiger charge is -2.25. The highest BCUT2D eigenvalue weighted by molar-refractivity contribution is 5.98. The van der Waals surface area contributed by atoms with Crippen LogP contribution in [0, 0.1) is 5.92 Å². The lowest BCUT2D eigenvalue weighted by Crippen LogP contribution is -2.50. The molecule has 1 rings (SSSR count). The summed E-state index contributed by atoms with van der Waals surface area (Å²) in [5.74, 6) is -5.56. The SMILES string of the molecule is C[C@H](N)C(=O)N[C@@H](CC(=O)O)C(=O)[C@H]1CC(=O)N([C@@H](CCCN=C(N)N)C(=O)O)C1. The number of carbonyl (C=O) groups excluding carboxylic acids is 3. The summed E-state index contributed by atoms with van der Waals surface area (Å²) in [6.45, 7) is 1.36. The number of nitrogens with zero attached hydrogens (tertiary/aromatic N) is 2. The largest absolute Gasteiger partial charge is 0.481 e. The van der Waals surface area contributed by atoms with Crippen molar-refractivity contribution in [3.63, 3.8) is 0 Å². The molecular formula is C17H28N6O7. The second kappa shape index (κ2) is 11.1. The molecule has 9 N–H and O–H groups in total. The molecule has 30 heavy (non-hydrogen) atoms. The van der Waals surface area contributed by atoms with E-state index in [0.717, 1.165) is 4.90 Å². The zero-order valence-electron chi connectivity index (χ0n) is 16.6. The monoisotopic (exact) mass is 428 g/mol. The van der Waals surface area contributed by atoms with Crippen LogP contribution in [-0.2, 0) is 24.0 Å². The van der Waals surface area contributed by atoms with E-state index in [4.69, 9.17) is 22.3 Å². The Balaban J connectivity index is 2.88. The van der Waals surface area contributed by atoms with Crippen LogP contribution < -0.4 is 22.5 Å². The molecule has 1 heterocycles. The molecule has 0 aromatic heterocycles. The fourth-order valence-corrected chi connectivity index (χ4v) is 3.11. The summed E-state index contributed by atoms with van der Waals surface area (Å²) < 4.78 is 0. The molecule has 0 unspecified atom stereocenters. The van der Waals surface area contributed by atoms with Crippen molar-refractivity contribution in [1.29, 1.82) is 0 Å². The summed E-state index contributed by atoms with van der Waals surface area (Å²) >= 11 is 0. The molecule has 1 fully saturated rings. The standard InChI is InChI=1S/C17H28N6O7/c1-8(18)15(28)22-10(6-13(25)26)14(27)9-5-12(24)23(7-9)11(16(29)30)3-2-4-21-17(19)20/h8-11H,2-7,18H2,1H3,(H,22,28)(H,25,26)(H,29,30)(H4,19,20,21)/t8-,9-,10-,11-/m0/s1. The number of ketones is 1.